The molecule has 0 radical (unpaired) electrons. The van der Waals surface area contributed by atoms with Crippen LogP contribution in [0.15, 0.2) is 24.4 Å². The van der Waals surface area contributed by atoms with Gasteiger partial charge in [0.1, 0.15) is 11.4 Å². The fourth-order valence-electron chi connectivity index (χ4n) is 1.98. The second-order valence-corrected chi connectivity index (χ2v) is 4.57. The van der Waals surface area contributed by atoms with E-state index in [0.717, 1.165) is 5.39 Å². The van der Waals surface area contributed by atoms with Crippen LogP contribution in [0.25, 0.3) is 10.8 Å². The molecule has 0 fully saturated rings. The predicted octanol–water partition coefficient (Wildman–Crippen LogP) is 1.96. The highest BCUT2D eigenvalue weighted by molar-refractivity contribution is 6.11. The van der Waals surface area contributed by atoms with Gasteiger partial charge in [-0.2, -0.15) is 0 Å². The van der Waals surface area contributed by atoms with Gasteiger partial charge in [0.25, 0.3) is 5.91 Å². The van der Waals surface area contributed by atoms with E-state index in [9.17, 15) is 4.79 Å². The molecule has 0 atom stereocenters. The van der Waals surface area contributed by atoms with Gasteiger partial charge in [-0.1, -0.05) is 0 Å². The zero-order valence-electron chi connectivity index (χ0n) is 11.2. The number of methoxy groups -OCH3 is 1. The molecule has 0 aliphatic rings. The van der Waals surface area contributed by atoms with Crippen molar-refractivity contribution in [1.29, 1.82) is 0 Å². The van der Waals surface area contributed by atoms with E-state index in [2.05, 4.69) is 10.3 Å². The van der Waals surface area contributed by atoms with Gasteiger partial charge in [0.2, 0.25) is 0 Å². The molecule has 5 heteroatoms. The monoisotopic (exact) mass is 259 g/mol. The molecule has 2 aromatic rings. The van der Waals surface area contributed by atoms with Crippen molar-refractivity contribution in [3.63, 3.8) is 0 Å². The SMILES string of the molecule is COc1ccc(N)c2c(C(=O)NC(C)C)nccc12. The van der Waals surface area contributed by atoms with Crippen LogP contribution in [0, 0.1) is 0 Å². The van der Waals surface area contributed by atoms with Crippen molar-refractivity contribution < 1.29 is 9.53 Å². The first kappa shape index (κ1) is 13.1. The molecule has 100 valence electrons. The van der Waals surface area contributed by atoms with Gasteiger partial charge in [-0.15, -0.1) is 0 Å². The Kier molecular flexibility index (Phi) is 3.55. The fourth-order valence-corrected chi connectivity index (χ4v) is 1.98. The summed E-state index contributed by atoms with van der Waals surface area (Å²) in [4.78, 5) is 16.3. The summed E-state index contributed by atoms with van der Waals surface area (Å²) >= 11 is 0. The molecule has 0 spiro atoms. The van der Waals surface area contributed by atoms with Crippen molar-refractivity contribution in [2.24, 2.45) is 0 Å². The number of benzene rings is 1. The third kappa shape index (κ3) is 2.45. The first-order valence-electron chi connectivity index (χ1n) is 6.06. The van der Waals surface area contributed by atoms with E-state index in [4.69, 9.17) is 10.5 Å². The van der Waals surface area contributed by atoms with Crippen LogP contribution >= 0.6 is 0 Å². The fraction of sp³-hybridized carbons (Fsp3) is 0.286. The lowest BCUT2D eigenvalue weighted by atomic mass is 10.1. The number of nitrogens with two attached hydrogens (primary N) is 1. The maximum Gasteiger partial charge on any atom is 0.270 e. The Hall–Kier alpha value is -2.30. The molecule has 0 saturated carbocycles. The summed E-state index contributed by atoms with van der Waals surface area (Å²) in [6, 6.07) is 5.32. The number of nitrogen functional groups attached to an aromatic ring is 1. The molecule has 0 unspecified atom stereocenters. The van der Waals surface area contributed by atoms with E-state index in [1.165, 1.54) is 0 Å². The highest BCUT2D eigenvalue weighted by Gasteiger charge is 2.16. The minimum absolute atomic E-state index is 0.0383. The third-order valence-electron chi connectivity index (χ3n) is 2.77. The van der Waals surface area contributed by atoms with Crippen LogP contribution in [0.3, 0.4) is 0 Å². The number of carbonyl (C=O) groups is 1. The summed E-state index contributed by atoms with van der Waals surface area (Å²) in [5.74, 6) is 0.436. The quantitative estimate of drug-likeness (QED) is 0.826. The number of ether oxygens (including phenoxy) is 1. The van der Waals surface area contributed by atoms with Gasteiger partial charge in [0, 0.05) is 28.7 Å². The van der Waals surface area contributed by atoms with Crippen LogP contribution in [-0.4, -0.2) is 24.0 Å². The molecule has 3 N–H and O–H groups in total. The van der Waals surface area contributed by atoms with Gasteiger partial charge in [0.15, 0.2) is 0 Å². The van der Waals surface area contributed by atoms with Gasteiger partial charge in [-0.3, -0.25) is 9.78 Å². The number of pyridine rings is 1. The minimum Gasteiger partial charge on any atom is -0.496 e. The molecule has 1 amide bonds. The Labute approximate surface area is 111 Å². The number of carbonyl (C=O) groups excluding carboxylic acids is 1. The molecule has 5 nitrogen and oxygen atoms in total. The summed E-state index contributed by atoms with van der Waals surface area (Å²) in [5, 5.41) is 4.23. The smallest absolute Gasteiger partial charge is 0.270 e. The lowest BCUT2D eigenvalue weighted by Crippen LogP contribution is -2.31. The van der Waals surface area contributed by atoms with Crippen LogP contribution in [-0.2, 0) is 0 Å². The number of anilines is 1. The van der Waals surface area contributed by atoms with E-state index < -0.39 is 0 Å². The molecule has 1 heterocycles. The third-order valence-corrected chi connectivity index (χ3v) is 2.77. The second kappa shape index (κ2) is 5.14. The lowest BCUT2D eigenvalue weighted by molar-refractivity contribution is 0.0940. The number of nitrogens with zero attached hydrogens (tertiary/aromatic N) is 1. The van der Waals surface area contributed by atoms with Crippen LogP contribution in [0.5, 0.6) is 5.75 Å². The predicted molar refractivity (Wildman–Crippen MR) is 75.3 cm³/mol. The average Bonchev–Trinajstić information content (AvgIpc) is 2.38. The van der Waals surface area contributed by atoms with E-state index in [1.807, 2.05) is 13.8 Å². The van der Waals surface area contributed by atoms with Crippen molar-refractivity contribution in [2.45, 2.75) is 19.9 Å². The van der Waals surface area contributed by atoms with Crippen molar-refractivity contribution in [2.75, 3.05) is 12.8 Å². The largest absolute Gasteiger partial charge is 0.496 e. The number of amides is 1. The second-order valence-electron chi connectivity index (χ2n) is 4.57. The molecule has 2 rings (SSSR count). The summed E-state index contributed by atoms with van der Waals surface area (Å²) in [7, 11) is 1.58. The topological polar surface area (TPSA) is 77.2 Å². The minimum atomic E-state index is -0.236. The molecular weight excluding hydrogens is 242 g/mol. The first-order valence-corrected chi connectivity index (χ1v) is 6.06. The summed E-state index contributed by atoms with van der Waals surface area (Å²) < 4.78 is 5.28. The van der Waals surface area contributed by atoms with Crippen LogP contribution < -0.4 is 15.8 Å². The molecule has 1 aromatic carbocycles. The summed E-state index contributed by atoms with van der Waals surface area (Å²) in [5.41, 5.74) is 6.81. The van der Waals surface area contributed by atoms with E-state index in [-0.39, 0.29) is 11.9 Å². The summed E-state index contributed by atoms with van der Waals surface area (Å²) in [6.07, 6.45) is 1.58. The zero-order chi connectivity index (χ0) is 14.0. The first-order chi connectivity index (χ1) is 9.04. The number of aromatic nitrogens is 1. The van der Waals surface area contributed by atoms with E-state index >= 15 is 0 Å². The molecule has 0 bridgehead atoms. The van der Waals surface area contributed by atoms with Gasteiger partial charge >= 0.3 is 0 Å². The molecule has 19 heavy (non-hydrogen) atoms. The molecule has 1 aromatic heterocycles. The standard InChI is InChI=1S/C14H17N3O2/c1-8(2)17-14(18)13-12-9(6-7-16-13)11(19-3)5-4-10(12)15/h4-8H,15H2,1-3H3,(H,17,18). The van der Waals surface area contributed by atoms with Crippen molar-refractivity contribution in [3.8, 4) is 5.75 Å². The molecular formula is C14H17N3O2. The number of rotatable bonds is 3. The highest BCUT2D eigenvalue weighted by Crippen LogP contribution is 2.31. The molecule has 0 aliphatic heterocycles. The Balaban J connectivity index is 2.65. The maximum atomic E-state index is 12.2. The Morgan fingerprint density at radius 3 is 2.74 bits per heavy atom. The Bertz CT molecular complexity index is 623. The zero-order valence-corrected chi connectivity index (χ0v) is 11.2. The van der Waals surface area contributed by atoms with Gasteiger partial charge < -0.3 is 15.8 Å². The molecule has 0 aliphatic carbocycles. The van der Waals surface area contributed by atoms with Gasteiger partial charge in [-0.05, 0) is 32.0 Å². The summed E-state index contributed by atoms with van der Waals surface area (Å²) in [6.45, 7) is 3.79. The number of hydrogen-bond donors (Lipinski definition) is 2. The van der Waals surface area contributed by atoms with Crippen LogP contribution in [0.2, 0.25) is 0 Å². The normalized spacial score (nSPS) is 10.7. The molecule has 0 saturated heterocycles. The van der Waals surface area contributed by atoms with E-state index in [0.29, 0.717) is 22.5 Å². The van der Waals surface area contributed by atoms with Gasteiger partial charge in [0.05, 0.1) is 7.11 Å². The van der Waals surface area contributed by atoms with Gasteiger partial charge in [-0.25, -0.2) is 0 Å². The van der Waals surface area contributed by atoms with Crippen molar-refractivity contribution >= 4 is 22.4 Å². The van der Waals surface area contributed by atoms with E-state index in [1.54, 1.807) is 31.5 Å². The number of fused-ring (bicyclic) bond motifs is 1. The Morgan fingerprint density at radius 2 is 2.11 bits per heavy atom. The Morgan fingerprint density at radius 1 is 1.37 bits per heavy atom. The highest BCUT2D eigenvalue weighted by atomic mass is 16.5. The number of nitrogens with one attached hydrogen (secondary N) is 1. The van der Waals surface area contributed by atoms with Crippen molar-refractivity contribution in [1.82, 2.24) is 10.3 Å². The van der Waals surface area contributed by atoms with Crippen molar-refractivity contribution in [3.05, 3.63) is 30.1 Å². The van der Waals surface area contributed by atoms with Crippen LogP contribution in [0.1, 0.15) is 24.3 Å². The number of hydrogen-bond acceptors (Lipinski definition) is 4. The maximum absolute atomic E-state index is 12.2. The average molecular weight is 259 g/mol. The van der Waals surface area contributed by atoms with Crippen LogP contribution in [0.4, 0.5) is 5.69 Å². The lowest BCUT2D eigenvalue weighted by Gasteiger charge is -2.12.